The van der Waals surface area contributed by atoms with Crippen molar-refractivity contribution in [3.63, 3.8) is 0 Å². The largest absolute Gasteiger partial charge is 0.466 e. The highest BCUT2D eigenvalue weighted by Crippen LogP contribution is 2.31. The van der Waals surface area contributed by atoms with E-state index in [1.807, 2.05) is 0 Å². The van der Waals surface area contributed by atoms with E-state index < -0.39 is 47.5 Å². The zero-order chi connectivity index (χ0) is 40.0. The number of fused-ring (bicyclic) bond motifs is 8. The lowest BCUT2D eigenvalue weighted by atomic mass is 10.1. The number of hydrogen-bond donors (Lipinski definition) is 3. The number of oxime groups is 1. The molecule has 0 unspecified atom stereocenters. The summed E-state index contributed by atoms with van der Waals surface area (Å²) >= 11 is 0. The van der Waals surface area contributed by atoms with Crippen LogP contribution in [0.2, 0.25) is 0 Å². The number of benzene rings is 2. The molecule has 27 heteroatoms. The number of carbonyl (C=O) groups excluding carboxylic acids is 1. The fourth-order valence-electron chi connectivity index (χ4n) is 5.25. The summed E-state index contributed by atoms with van der Waals surface area (Å²) in [6, 6.07) is 13.6. The van der Waals surface area contributed by atoms with Gasteiger partial charge in [0.2, 0.25) is 5.78 Å². The molecule has 0 saturated heterocycles. The van der Waals surface area contributed by atoms with Crippen LogP contribution in [0.5, 0.6) is 0 Å². The average Bonchev–Trinajstić information content (AvgIpc) is 3.61. The summed E-state index contributed by atoms with van der Waals surface area (Å²) in [5.74, 6) is 3.23. The van der Waals surface area contributed by atoms with Crippen molar-refractivity contribution in [1.29, 1.82) is 0 Å². The number of nitro groups is 2. The molecule has 2 aliphatic heterocycles. The Hall–Kier alpha value is -7.30. The minimum Gasteiger partial charge on any atom is -0.285 e. The van der Waals surface area contributed by atoms with Gasteiger partial charge in [0.15, 0.2) is 28.7 Å². The van der Waals surface area contributed by atoms with Gasteiger partial charge in [0.25, 0.3) is 22.5 Å². The summed E-state index contributed by atoms with van der Waals surface area (Å²) < 4.78 is 65.7. The summed E-state index contributed by atoms with van der Waals surface area (Å²) in [6.45, 7) is 0. The molecule has 25 nitrogen and oxygen atoms in total. The Morgan fingerprint density at radius 3 is 1.64 bits per heavy atom. The first-order valence-corrected chi connectivity index (χ1v) is 17.1. The third kappa shape index (κ3) is 7.22. The van der Waals surface area contributed by atoms with E-state index in [9.17, 15) is 51.4 Å². The van der Waals surface area contributed by atoms with Gasteiger partial charge in [-0.2, -0.15) is 27.0 Å². The fourth-order valence-corrected chi connectivity index (χ4v) is 5.42. The van der Waals surface area contributed by atoms with Gasteiger partial charge in [-0.15, -0.1) is 0 Å². The minimum atomic E-state index is -4.95. The summed E-state index contributed by atoms with van der Waals surface area (Å²) in [5, 5.41) is 25.7. The molecular formula is C28H16N10O15S2. The number of nitrogens with two attached hydrogens (primary N) is 1. The molecule has 0 atom stereocenters. The molecule has 0 aliphatic carbocycles. The van der Waals surface area contributed by atoms with Crippen LogP contribution in [0.25, 0.3) is 33.4 Å². The summed E-state index contributed by atoms with van der Waals surface area (Å²) in [7, 11) is -9.33. The van der Waals surface area contributed by atoms with Crippen molar-refractivity contribution in [3.05, 3.63) is 137 Å². The van der Waals surface area contributed by atoms with E-state index >= 15 is 0 Å². The quantitative estimate of drug-likeness (QED) is 0.121. The zero-order valence-corrected chi connectivity index (χ0v) is 28.2. The van der Waals surface area contributed by atoms with Crippen LogP contribution in [0.15, 0.2) is 87.8 Å². The Balaban J connectivity index is 0.000000166. The van der Waals surface area contributed by atoms with Crippen LogP contribution < -0.4 is 17.0 Å². The maximum atomic E-state index is 12.8. The second-order valence-corrected chi connectivity index (χ2v) is 12.7. The maximum absolute atomic E-state index is 12.8. The predicted molar refractivity (Wildman–Crippen MR) is 182 cm³/mol. The lowest BCUT2D eigenvalue weighted by molar-refractivity contribution is -0.385. The van der Waals surface area contributed by atoms with Gasteiger partial charge < -0.3 is 0 Å². The first kappa shape index (κ1) is 37.5. The Morgan fingerprint density at radius 2 is 1.16 bits per heavy atom. The van der Waals surface area contributed by atoms with Crippen LogP contribution in [0.3, 0.4) is 0 Å². The van der Waals surface area contributed by atoms with Crippen LogP contribution >= 0.6 is 0 Å². The van der Waals surface area contributed by atoms with Crippen molar-refractivity contribution in [1.82, 2.24) is 29.1 Å². The number of nitrogens with zero attached hydrogens (tertiary/aromatic N) is 9. The monoisotopic (exact) mass is 796 g/mol. The molecule has 0 amide bonds. The van der Waals surface area contributed by atoms with E-state index in [1.165, 1.54) is 47.3 Å². The predicted octanol–water partition coefficient (Wildman–Crippen LogP) is 0.487. The van der Waals surface area contributed by atoms with Crippen LogP contribution in [0.1, 0.15) is 27.6 Å². The van der Waals surface area contributed by atoms with Crippen LogP contribution in [0.4, 0.5) is 11.4 Å². The van der Waals surface area contributed by atoms with Crippen molar-refractivity contribution >= 4 is 65.7 Å². The van der Waals surface area contributed by atoms with E-state index in [0.29, 0.717) is 5.69 Å². The zero-order valence-electron chi connectivity index (χ0n) is 26.5. The molecule has 6 heterocycles. The van der Waals surface area contributed by atoms with Gasteiger partial charge in [0.05, 0.1) is 37.6 Å². The molecule has 4 N–H and O–H groups in total. The van der Waals surface area contributed by atoms with Crippen molar-refractivity contribution < 1.29 is 49.1 Å². The standard InChI is InChI=1S/C14H7N5O7S.C14H6N4O4.H3NO4S/c20-14-8-2-1-5-15-12(8)16-13-11(17-26-27(23,24)25)9-6-7(19(21)22)3-4-10(9)18(13)14;19-11-9-6-7(18(21)22)3-4-10(9)17-13(11)16-12-8(14(17)20)2-1-5-15-12;1-5-6(2,3)4/h1-6H,(H,23,24,25);1-6H;1H2,(H,2,3,4). The summed E-state index contributed by atoms with van der Waals surface area (Å²) in [6.07, 6.45) is 2.88. The number of ketones is 1. The van der Waals surface area contributed by atoms with Crippen LogP contribution in [0, 0.1) is 20.2 Å². The van der Waals surface area contributed by atoms with Crippen molar-refractivity contribution in [3.8, 4) is 11.4 Å². The molecule has 0 spiro atoms. The molecule has 6 aromatic rings. The number of aromatic nitrogens is 6. The SMILES string of the molecule is NOS(=O)(=O)O.O=C1c2cc([N+](=O)[O-])ccc2-n2c1nc1ncccc1c2=O.O=c1c2cccnc2nc2n1-c1ccc([N+](=O)[O-])cc1C2=NOS(=O)(=O)O. The first-order chi connectivity index (χ1) is 25.9. The molecule has 0 fully saturated rings. The van der Waals surface area contributed by atoms with E-state index in [4.69, 9.17) is 9.11 Å². The lowest BCUT2D eigenvalue weighted by Crippen LogP contribution is -2.22. The van der Waals surface area contributed by atoms with E-state index in [2.05, 4.69) is 39.6 Å². The number of rotatable bonds is 5. The van der Waals surface area contributed by atoms with Crippen LogP contribution in [-0.4, -0.2) is 76.4 Å². The van der Waals surface area contributed by atoms with Gasteiger partial charge in [-0.25, -0.2) is 24.2 Å². The Kier molecular flexibility index (Phi) is 9.48. The van der Waals surface area contributed by atoms with E-state index in [1.54, 1.807) is 18.2 Å². The smallest absolute Gasteiger partial charge is 0.285 e. The summed E-state index contributed by atoms with van der Waals surface area (Å²) in [4.78, 5) is 74.7. The third-order valence-corrected chi connectivity index (χ3v) is 7.92. The van der Waals surface area contributed by atoms with E-state index in [-0.39, 0.29) is 67.6 Å². The molecule has 2 aliphatic rings. The number of nitro benzene ring substituents is 2. The molecule has 4 aromatic heterocycles. The second kappa shape index (κ2) is 13.9. The first-order valence-electron chi connectivity index (χ1n) is 14.4. The van der Waals surface area contributed by atoms with Crippen molar-refractivity contribution in [2.24, 2.45) is 11.1 Å². The average molecular weight is 797 g/mol. The Bertz CT molecular complexity index is 3040. The number of hydrogen-bond acceptors (Lipinski definition) is 19. The third-order valence-electron chi connectivity index (χ3n) is 7.41. The number of carbonyl (C=O) groups is 1. The highest BCUT2D eigenvalue weighted by molar-refractivity contribution is 7.81. The highest BCUT2D eigenvalue weighted by atomic mass is 32.3. The molecular weight excluding hydrogens is 780 g/mol. The minimum absolute atomic E-state index is 0.0350. The van der Waals surface area contributed by atoms with Crippen molar-refractivity contribution in [2.75, 3.05) is 0 Å². The normalized spacial score (nSPS) is 13.1. The molecule has 8 rings (SSSR count). The molecule has 55 heavy (non-hydrogen) atoms. The highest BCUT2D eigenvalue weighted by Gasteiger charge is 2.33. The van der Waals surface area contributed by atoms with Gasteiger partial charge >= 0.3 is 20.8 Å². The van der Waals surface area contributed by atoms with Gasteiger partial charge in [-0.3, -0.25) is 52.9 Å². The maximum Gasteiger partial charge on any atom is 0.466 e. The van der Waals surface area contributed by atoms with Gasteiger partial charge in [-0.05, 0) is 36.4 Å². The van der Waals surface area contributed by atoms with E-state index in [0.717, 1.165) is 16.7 Å². The summed E-state index contributed by atoms with van der Waals surface area (Å²) in [5.41, 5.74) is -0.912. The number of pyridine rings is 2. The second-order valence-electron chi connectivity index (χ2n) is 10.6. The molecule has 0 saturated carbocycles. The Labute approximate surface area is 302 Å². The van der Waals surface area contributed by atoms with Crippen LogP contribution in [-0.2, 0) is 29.4 Å². The lowest BCUT2D eigenvalue weighted by Gasteiger charge is -2.04. The topological polar surface area (TPSA) is 364 Å². The van der Waals surface area contributed by atoms with Crippen molar-refractivity contribution in [2.45, 2.75) is 0 Å². The van der Waals surface area contributed by atoms with Gasteiger partial charge in [-0.1, -0.05) is 5.16 Å². The van der Waals surface area contributed by atoms with Gasteiger partial charge in [0.1, 0.15) is 0 Å². The van der Waals surface area contributed by atoms with Gasteiger partial charge in [0, 0.05) is 42.2 Å². The fraction of sp³-hybridized carbons (Fsp3) is 0. The number of non-ortho nitro benzene ring substituents is 2. The molecule has 280 valence electrons. The molecule has 0 radical (unpaired) electrons. The molecule has 0 bridgehead atoms. The molecule has 2 aromatic carbocycles. The Morgan fingerprint density at radius 1 is 0.709 bits per heavy atom.